The lowest BCUT2D eigenvalue weighted by molar-refractivity contribution is -0.123. The van der Waals surface area contributed by atoms with Crippen LogP contribution < -0.4 is 10.1 Å². The zero-order chi connectivity index (χ0) is 13.6. The van der Waals surface area contributed by atoms with Crippen molar-refractivity contribution in [1.82, 2.24) is 5.32 Å². The maximum atomic E-state index is 12.3. The molecule has 3 rings (SSSR count). The quantitative estimate of drug-likeness (QED) is 0.881. The molecule has 2 aliphatic rings. The van der Waals surface area contributed by atoms with Gasteiger partial charge in [0.15, 0.2) is 5.78 Å². The Kier molecular flexibility index (Phi) is 2.62. The van der Waals surface area contributed by atoms with Crippen molar-refractivity contribution in [2.24, 2.45) is 11.3 Å². The van der Waals surface area contributed by atoms with Crippen molar-refractivity contribution in [3.05, 3.63) is 29.8 Å². The van der Waals surface area contributed by atoms with Crippen LogP contribution in [-0.4, -0.2) is 24.3 Å². The Bertz CT molecular complexity index is 550. The van der Waals surface area contributed by atoms with Crippen molar-refractivity contribution in [3.63, 3.8) is 0 Å². The first-order chi connectivity index (χ1) is 8.99. The van der Waals surface area contributed by atoms with Gasteiger partial charge in [-0.1, -0.05) is 26.0 Å². The van der Waals surface area contributed by atoms with E-state index in [1.807, 2.05) is 6.07 Å². The van der Waals surface area contributed by atoms with Crippen LogP contribution in [0.15, 0.2) is 24.3 Å². The molecule has 1 N–H and O–H groups in total. The molecule has 1 aromatic rings. The first-order valence-corrected chi connectivity index (χ1v) is 6.55. The van der Waals surface area contributed by atoms with E-state index in [1.165, 1.54) is 0 Å². The van der Waals surface area contributed by atoms with Gasteiger partial charge in [-0.2, -0.15) is 0 Å². The number of para-hydroxylation sites is 1. The second-order valence-corrected chi connectivity index (χ2v) is 5.98. The minimum Gasteiger partial charge on any atom is -0.490 e. The number of carbonyl (C=O) groups is 2. The lowest BCUT2D eigenvalue weighted by Crippen LogP contribution is -2.48. The summed E-state index contributed by atoms with van der Waals surface area (Å²) in [7, 11) is 0. The summed E-state index contributed by atoms with van der Waals surface area (Å²) >= 11 is 0. The Morgan fingerprint density at radius 3 is 2.74 bits per heavy atom. The molecule has 2 atom stereocenters. The minimum absolute atomic E-state index is 0.0254. The molecule has 19 heavy (non-hydrogen) atoms. The maximum Gasteiger partial charge on any atom is 0.224 e. The molecule has 0 radical (unpaired) electrons. The number of ketones is 1. The molecule has 1 aliphatic carbocycles. The fraction of sp³-hybridized carbons (Fsp3) is 0.467. The van der Waals surface area contributed by atoms with Gasteiger partial charge in [0.2, 0.25) is 5.91 Å². The number of amides is 1. The zero-order valence-corrected chi connectivity index (χ0v) is 11.1. The van der Waals surface area contributed by atoms with Crippen molar-refractivity contribution >= 4 is 11.7 Å². The Balaban J connectivity index is 1.71. The van der Waals surface area contributed by atoms with Crippen molar-refractivity contribution in [2.45, 2.75) is 26.3 Å². The van der Waals surface area contributed by atoms with Crippen LogP contribution in [0.5, 0.6) is 5.75 Å². The fourth-order valence-corrected chi connectivity index (χ4v) is 2.53. The number of ether oxygens (including phenoxy) is 1. The van der Waals surface area contributed by atoms with Crippen molar-refractivity contribution in [2.75, 3.05) is 6.61 Å². The zero-order valence-electron chi connectivity index (χ0n) is 11.1. The number of rotatable bonds is 2. The number of fused-ring (bicyclic) bond motifs is 1. The smallest absolute Gasteiger partial charge is 0.224 e. The maximum absolute atomic E-state index is 12.3. The lowest BCUT2D eigenvalue weighted by atomic mass is 10.0. The molecule has 0 bridgehead atoms. The largest absolute Gasteiger partial charge is 0.490 e. The van der Waals surface area contributed by atoms with Gasteiger partial charge in [-0.25, -0.2) is 0 Å². The van der Waals surface area contributed by atoms with Crippen LogP contribution in [-0.2, 0) is 4.79 Å². The highest BCUT2D eigenvalue weighted by Crippen LogP contribution is 2.51. The molecule has 1 saturated carbocycles. The molecule has 0 saturated heterocycles. The van der Waals surface area contributed by atoms with Gasteiger partial charge >= 0.3 is 0 Å². The van der Waals surface area contributed by atoms with Gasteiger partial charge in [-0.3, -0.25) is 9.59 Å². The van der Waals surface area contributed by atoms with E-state index in [2.05, 4.69) is 19.2 Å². The molecule has 4 nitrogen and oxygen atoms in total. The number of carbonyl (C=O) groups excluding carboxylic acids is 2. The van der Waals surface area contributed by atoms with Crippen LogP contribution in [0.25, 0.3) is 0 Å². The highest BCUT2D eigenvalue weighted by Gasteiger charge is 2.51. The van der Waals surface area contributed by atoms with E-state index < -0.39 is 6.04 Å². The minimum atomic E-state index is -0.557. The summed E-state index contributed by atoms with van der Waals surface area (Å²) in [6, 6.07) is 6.58. The number of nitrogens with one attached hydrogen (secondary N) is 1. The van der Waals surface area contributed by atoms with E-state index in [0.717, 1.165) is 6.42 Å². The SMILES string of the molecule is CC1(C)C[C@@H]1C(=O)N[C@@H]1COc2ccccc2C1=O. The molecule has 0 aromatic heterocycles. The van der Waals surface area contributed by atoms with E-state index in [0.29, 0.717) is 11.3 Å². The van der Waals surface area contributed by atoms with E-state index >= 15 is 0 Å². The molecular formula is C15H17NO3. The van der Waals surface area contributed by atoms with Crippen LogP contribution in [0.4, 0.5) is 0 Å². The highest BCUT2D eigenvalue weighted by atomic mass is 16.5. The average Bonchev–Trinajstić information content (AvgIpc) is 3.02. The molecule has 1 amide bonds. The Labute approximate surface area is 112 Å². The first kappa shape index (κ1) is 12.2. The molecule has 0 spiro atoms. The average molecular weight is 259 g/mol. The predicted octanol–water partition coefficient (Wildman–Crippen LogP) is 1.79. The monoisotopic (exact) mass is 259 g/mol. The molecule has 1 aliphatic heterocycles. The highest BCUT2D eigenvalue weighted by molar-refractivity contribution is 6.05. The molecule has 1 aromatic carbocycles. The summed E-state index contributed by atoms with van der Waals surface area (Å²) in [6.45, 7) is 4.34. The lowest BCUT2D eigenvalue weighted by Gasteiger charge is -2.25. The normalized spacial score (nSPS) is 27.2. The Morgan fingerprint density at radius 2 is 2.05 bits per heavy atom. The Morgan fingerprint density at radius 1 is 1.37 bits per heavy atom. The van der Waals surface area contributed by atoms with E-state index in [9.17, 15) is 9.59 Å². The third-order valence-electron chi connectivity index (χ3n) is 4.02. The van der Waals surface area contributed by atoms with Gasteiger partial charge in [-0.15, -0.1) is 0 Å². The summed E-state index contributed by atoms with van der Waals surface area (Å²) in [6.07, 6.45) is 0.886. The summed E-state index contributed by atoms with van der Waals surface area (Å²) in [4.78, 5) is 24.3. The second-order valence-electron chi connectivity index (χ2n) is 5.98. The molecular weight excluding hydrogens is 242 g/mol. The summed E-state index contributed by atoms with van der Waals surface area (Å²) in [5.41, 5.74) is 0.620. The van der Waals surface area contributed by atoms with Gasteiger partial charge in [0.05, 0.1) is 5.56 Å². The van der Waals surface area contributed by atoms with E-state index in [-0.39, 0.29) is 29.6 Å². The number of hydrogen-bond acceptors (Lipinski definition) is 3. The molecule has 4 heteroatoms. The van der Waals surface area contributed by atoms with Gasteiger partial charge in [0.1, 0.15) is 18.4 Å². The van der Waals surface area contributed by atoms with Crippen LogP contribution in [0.3, 0.4) is 0 Å². The van der Waals surface area contributed by atoms with E-state index in [4.69, 9.17) is 4.74 Å². The summed E-state index contributed by atoms with van der Waals surface area (Å²) in [5, 5.41) is 2.81. The van der Waals surface area contributed by atoms with E-state index in [1.54, 1.807) is 18.2 Å². The second kappa shape index (κ2) is 4.08. The summed E-state index contributed by atoms with van der Waals surface area (Å²) < 4.78 is 5.52. The third kappa shape index (κ3) is 2.11. The topological polar surface area (TPSA) is 55.4 Å². The molecule has 1 heterocycles. The van der Waals surface area contributed by atoms with Crippen LogP contribution in [0.1, 0.15) is 30.6 Å². The third-order valence-corrected chi connectivity index (χ3v) is 4.02. The molecule has 100 valence electrons. The molecule has 1 fully saturated rings. The number of benzene rings is 1. The first-order valence-electron chi connectivity index (χ1n) is 6.55. The fourth-order valence-electron chi connectivity index (χ4n) is 2.53. The van der Waals surface area contributed by atoms with Crippen LogP contribution in [0, 0.1) is 11.3 Å². The van der Waals surface area contributed by atoms with Gasteiger partial charge in [0.25, 0.3) is 0 Å². The predicted molar refractivity (Wildman–Crippen MR) is 70.1 cm³/mol. The molecule has 0 unspecified atom stereocenters. The van der Waals surface area contributed by atoms with Crippen molar-refractivity contribution < 1.29 is 14.3 Å². The number of hydrogen-bond donors (Lipinski definition) is 1. The van der Waals surface area contributed by atoms with Gasteiger partial charge in [-0.05, 0) is 24.0 Å². The van der Waals surface area contributed by atoms with Crippen molar-refractivity contribution in [1.29, 1.82) is 0 Å². The summed E-state index contributed by atoms with van der Waals surface area (Å²) in [5.74, 6) is 0.530. The van der Waals surface area contributed by atoms with Crippen LogP contribution >= 0.6 is 0 Å². The van der Waals surface area contributed by atoms with Gasteiger partial charge < -0.3 is 10.1 Å². The van der Waals surface area contributed by atoms with Crippen LogP contribution in [0.2, 0.25) is 0 Å². The number of Topliss-reactive ketones (excluding diaryl/α,β-unsaturated/α-hetero) is 1. The van der Waals surface area contributed by atoms with Crippen molar-refractivity contribution in [3.8, 4) is 5.75 Å². The Hall–Kier alpha value is -1.84. The standard InChI is InChI=1S/C15H17NO3/c1-15(2)7-10(15)14(18)16-11-8-19-12-6-4-3-5-9(12)13(11)17/h3-6,10-11H,7-8H2,1-2H3,(H,16,18)/t10-,11-/m1/s1. The van der Waals surface area contributed by atoms with Gasteiger partial charge in [0, 0.05) is 5.92 Å².